The van der Waals surface area contributed by atoms with E-state index in [0.717, 1.165) is 28.0 Å². The van der Waals surface area contributed by atoms with Crippen LogP contribution in [0.1, 0.15) is 83.3 Å². The van der Waals surface area contributed by atoms with Gasteiger partial charge in [-0.3, -0.25) is 9.59 Å². The SMILES string of the molecule is CCOC(=O)C[C@@H](c1ccc(O)cc1)c1ccon1.CCOC(=O)C[C@@H](c1ccc(OCc2ccc(C)c(I)c2)cc1)c1ccon1.Cc1ccc(CO)cc1I. The highest BCUT2D eigenvalue weighted by Crippen LogP contribution is 2.30. The van der Waals surface area contributed by atoms with Gasteiger partial charge >= 0.3 is 11.9 Å². The molecule has 2 aromatic heterocycles. The second-order valence-electron chi connectivity index (χ2n) is 12.7. The lowest BCUT2D eigenvalue weighted by Crippen LogP contribution is -2.12. The molecule has 4 aromatic carbocycles. The summed E-state index contributed by atoms with van der Waals surface area (Å²) >= 11 is 4.59. The van der Waals surface area contributed by atoms with E-state index in [1.165, 1.54) is 30.8 Å². The Morgan fingerprint density at radius 1 is 0.667 bits per heavy atom. The number of aliphatic hydroxyl groups excluding tert-OH is 1. The average Bonchev–Trinajstić information content (AvgIpc) is 3.95. The van der Waals surface area contributed by atoms with Gasteiger partial charge in [0.05, 0.1) is 44.1 Å². The maximum absolute atomic E-state index is 12.0. The molecule has 0 radical (unpaired) electrons. The van der Waals surface area contributed by atoms with Gasteiger partial charge in [-0.1, -0.05) is 58.8 Å². The smallest absolute Gasteiger partial charge is 0.306 e. The minimum Gasteiger partial charge on any atom is -0.508 e. The van der Waals surface area contributed by atoms with Gasteiger partial charge in [0.2, 0.25) is 0 Å². The van der Waals surface area contributed by atoms with Gasteiger partial charge < -0.3 is 33.5 Å². The van der Waals surface area contributed by atoms with Gasteiger partial charge in [0.1, 0.15) is 30.6 Å². The summed E-state index contributed by atoms with van der Waals surface area (Å²) in [4.78, 5) is 23.7. The molecule has 6 rings (SSSR count). The molecule has 6 aromatic rings. The summed E-state index contributed by atoms with van der Waals surface area (Å²) < 4.78 is 28.2. The zero-order valence-corrected chi connectivity index (χ0v) is 36.5. The fourth-order valence-corrected chi connectivity index (χ4v) is 6.65. The molecule has 2 N–H and O–H groups in total. The van der Waals surface area contributed by atoms with Crippen molar-refractivity contribution in [3.63, 3.8) is 0 Å². The Kier molecular flexibility index (Phi) is 18.5. The third kappa shape index (κ3) is 14.6. The van der Waals surface area contributed by atoms with Crippen LogP contribution in [0.4, 0.5) is 0 Å². The second-order valence-corrected chi connectivity index (χ2v) is 15.1. The number of aliphatic hydroxyl groups is 1. The minimum atomic E-state index is -0.288. The van der Waals surface area contributed by atoms with Crippen LogP contribution in [0.2, 0.25) is 0 Å². The molecule has 0 saturated carbocycles. The highest BCUT2D eigenvalue weighted by molar-refractivity contribution is 14.1. The van der Waals surface area contributed by atoms with Crippen LogP contribution in [0.25, 0.3) is 0 Å². The summed E-state index contributed by atoms with van der Waals surface area (Å²) in [5.41, 5.74) is 7.83. The topological polar surface area (TPSA) is 154 Å². The van der Waals surface area contributed by atoms with Crippen LogP contribution in [0, 0.1) is 21.0 Å². The summed E-state index contributed by atoms with van der Waals surface area (Å²) in [7, 11) is 0. The Morgan fingerprint density at radius 3 is 1.54 bits per heavy atom. The van der Waals surface area contributed by atoms with Crippen LogP contribution in [0.3, 0.4) is 0 Å². The number of carbonyl (C=O) groups is 2. The van der Waals surface area contributed by atoms with Crippen molar-refractivity contribution in [1.82, 2.24) is 10.3 Å². The van der Waals surface area contributed by atoms with Crippen molar-refractivity contribution in [3.8, 4) is 11.5 Å². The quantitative estimate of drug-likeness (QED) is 0.0792. The van der Waals surface area contributed by atoms with E-state index in [0.29, 0.717) is 31.2 Å². The first-order valence-electron chi connectivity index (χ1n) is 18.3. The van der Waals surface area contributed by atoms with Crippen molar-refractivity contribution in [3.05, 3.63) is 161 Å². The van der Waals surface area contributed by atoms with Crippen LogP contribution in [0.15, 0.2) is 119 Å². The molecule has 11 nitrogen and oxygen atoms in total. The number of benzene rings is 4. The van der Waals surface area contributed by atoms with E-state index in [9.17, 15) is 14.7 Å². The van der Waals surface area contributed by atoms with Gasteiger partial charge in [-0.2, -0.15) is 0 Å². The number of phenolic OH excluding ortho intramolecular Hbond substituents is 1. The largest absolute Gasteiger partial charge is 0.508 e. The van der Waals surface area contributed by atoms with Crippen LogP contribution in [-0.4, -0.2) is 45.7 Å². The minimum absolute atomic E-state index is 0.135. The molecular formula is C44H46I2N2O9. The molecule has 57 heavy (non-hydrogen) atoms. The van der Waals surface area contributed by atoms with E-state index < -0.39 is 0 Å². The lowest BCUT2D eigenvalue weighted by molar-refractivity contribution is -0.144. The van der Waals surface area contributed by atoms with Crippen LogP contribution in [0.5, 0.6) is 11.5 Å². The molecule has 0 aliphatic rings. The maximum atomic E-state index is 12.0. The molecule has 0 bridgehead atoms. The molecule has 0 aliphatic carbocycles. The maximum Gasteiger partial charge on any atom is 0.306 e. The summed E-state index contributed by atoms with van der Waals surface area (Å²) in [5.74, 6) is -0.0505. The predicted octanol–water partition coefficient (Wildman–Crippen LogP) is 9.81. The lowest BCUT2D eigenvalue weighted by atomic mass is 9.92. The molecule has 0 amide bonds. The summed E-state index contributed by atoms with van der Waals surface area (Å²) in [6, 6.07) is 30.1. The van der Waals surface area contributed by atoms with Crippen molar-refractivity contribution in [2.75, 3.05) is 13.2 Å². The third-order valence-corrected chi connectivity index (χ3v) is 10.9. The highest BCUT2D eigenvalue weighted by atomic mass is 127. The van der Waals surface area contributed by atoms with Crippen molar-refractivity contribution < 1.29 is 43.1 Å². The Hall–Kier alpha value is -4.74. The van der Waals surface area contributed by atoms with Gasteiger partial charge in [0, 0.05) is 31.1 Å². The zero-order chi connectivity index (χ0) is 41.2. The molecule has 0 unspecified atom stereocenters. The van der Waals surface area contributed by atoms with Crippen LogP contribution >= 0.6 is 45.2 Å². The summed E-state index contributed by atoms with van der Waals surface area (Å²) in [6.07, 6.45) is 3.37. The molecule has 300 valence electrons. The number of aryl methyl sites for hydroxylation is 2. The van der Waals surface area contributed by atoms with Gasteiger partial charge in [-0.05, 0) is 143 Å². The second kappa shape index (κ2) is 23.5. The molecule has 0 aliphatic heterocycles. The first kappa shape index (κ1) is 45.0. The van der Waals surface area contributed by atoms with E-state index in [2.05, 4.69) is 87.5 Å². The van der Waals surface area contributed by atoms with Gasteiger partial charge in [-0.15, -0.1) is 0 Å². The van der Waals surface area contributed by atoms with Gasteiger partial charge in [-0.25, -0.2) is 0 Å². The molecule has 0 spiro atoms. The van der Waals surface area contributed by atoms with Crippen molar-refractivity contribution in [2.45, 2.75) is 65.6 Å². The molecule has 13 heteroatoms. The Balaban J connectivity index is 0.000000213. The standard InChI is InChI=1S/C22H22INO4.C14H15NO4.C8H9IO/c1-3-26-22(25)13-19(21-10-11-28-24-21)17-6-8-18(9-7-17)27-14-16-5-4-15(2)20(23)12-16;1-2-18-14(17)9-12(13-7-8-19-15-13)10-3-5-11(16)6-4-10;1-6-2-3-7(5-10)4-8(6)9/h4-12,19H,3,13-14H2,1-2H3;3-8,12,16H,2,9H2,1H3;2-4,10H,5H2,1H3/t19-;12-;/m00./s1. The first-order chi connectivity index (χ1) is 27.5. The number of phenols is 1. The summed E-state index contributed by atoms with van der Waals surface area (Å²) in [5, 5.41) is 25.9. The number of carbonyl (C=O) groups excluding carboxylic acids is 2. The van der Waals surface area contributed by atoms with E-state index in [4.69, 9.17) is 28.4 Å². The summed E-state index contributed by atoms with van der Waals surface area (Å²) in [6.45, 7) is 9.06. The van der Waals surface area contributed by atoms with E-state index in [1.807, 2.05) is 42.5 Å². The molecule has 2 atom stereocenters. The number of aromatic nitrogens is 2. The number of hydrogen-bond acceptors (Lipinski definition) is 11. The number of halogens is 2. The number of rotatable bonds is 14. The number of ether oxygens (including phenoxy) is 3. The van der Waals surface area contributed by atoms with Crippen molar-refractivity contribution in [2.24, 2.45) is 0 Å². The van der Waals surface area contributed by atoms with E-state index in [-0.39, 0.29) is 49.0 Å². The Morgan fingerprint density at radius 2 is 1.12 bits per heavy atom. The monoisotopic (exact) mass is 1000 g/mol. The lowest BCUT2D eigenvalue weighted by Gasteiger charge is -2.15. The zero-order valence-electron chi connectivity index (χ0n) is 32.2. The van der Waals surface area contributed by atoms with Crippen molar-refractivity contribution >= 4 is 57.1 Å². The first-order valence-corrected chi connectivity index (χ1v) is 20.4. The van der Waals surface area contributed by atoms with Gasteiger partial charge in [0.25, 0.3) is 0 Å². The average molecular weight is 1000 g/mol. The third-order valence-electron chi connectivity index (χ3n) is 8.62. The van der Waals surface area contributed by atoms with Crippen molar-refractivity contribution in [1.29, 1.82) is 0 Å². The molecular weight excluding hydrogens is 954 g/mol. The number of esters is 2. The molecule has 2 heterocycles. The fourth-order valence-electron chi connectivity index (χ4n) is 5.49. The van der Waals surface area contributed by atoms with Gasteiger partial charge in [0.15, 0.2) is 0 Å². The Bertz CT molecular complexity index is 2110. The molecule has 0 fully saturated rings. The highest BCUT2D eigenvalue weighted by Gasteiger charge is 2.23. The predicted molar refractivity (Wildman–Crippen MR) is 232 cm³/mol. The Labute approximate surface area is 360 Å². The van der Waals surface area contributed by atoms with E-state index in [1.54, 1.807) is 50.2 Å². The van der Waals surface area contributed by atoms with E-state index >= 15 is 0 Å². The fraction of sp³-hybridized carbons (Fsp3) is 0.273. The number of nitrogens with zero attached hydrogens (tertiary/aromatic N) is 2. The number of aromatic hydroxyl groups is 1. The molecule has 0 saturated heterocycles. The normalized spacial score (nSPS) is 11.6. The van der Waals surface area contributed by atoms with Crippen LogP contribution in [-0.2, 0) is 32.3 Å². The number of hydrogen-bond donors (Lipinski definition) is 2. The van der Waals surface area contributed by atoms with Crippen LogP contribution < -0.4 is 4.74 Å².